The lowest BCUT2D eigenvalue weighted by Crippen LogP contribution is -2.08. The molecule has 0 aromatic heterocycles. The van der Waals surface area contributed by atoms with Gasteiger partial charge in [0, 0.05) is 0 Å². The molecule has 0 bridgehead atoms. The molecular formula is C27H23F4NO. The van der Waals surface area contributed by atoms with Crippen molar-refractivity contribution in [2.24, 2.45) is 5.92 Å². The molecule has 2 atom stereocenters. The van der Waals surface area contributed by atoms with Crippen LogP contribution < -0.4 is 4.74 Å². The van der Waals surface area contributed by atoms with Crippen LogP contribution in [0.4, 0.5) is 17.6 Å². The number of alkyl halides is 3. The Labute approximate surface area is 190 Å². The second kappa shape index (κ2) is 9.66. The van der Waals surface area contributed by atoms with Crippen LogP contribution in [0.2, 0.25) is 0 Å². The molecule has 3 aromatic rings. The van der Waals surface area contributed by atoms with Crippen molar-refractivity contribution in [3.8, 4) is 17.6 Å². The lowest BCUT2D eigenvalue weighted by atomic mass is 9.85. The summed E-state index contributed by atoms with van der Waals surface area (Å²) >= 11 is 0. The predicted octanol–water partition coefficient (Wildman–Crippen LogP) is 8.22. The zero-order valence-electron chi connectivity index (χ0n) is 17.9. The molecule has 0 spiro atoms. The number of hydrogen-bond acceptors (Lipinski definition) is 2. The van der Waals surface area contributed by atoms with E-state index in [1.165, 1.54) is 6.07 Å². The normalized spacial score (nSPS) is 15.5. The van der Waals surface area contributed by atoms with E-state index in [0.29, 0.717) is 30.1 Å². The molecule has 0 saturated heterocycles. The Morgan fingerprint density at radius 1 is 0.909 bits per heavy atom. The van der Waals surface area contributed by atoms with Gasteiger partial charge < -0.3 is 4.74 Å². The van der Waals surface area contributed by atoms with Gasteiger partial charge in [-0.3, -0.25) is 0 Å². The molecule has 2 nitrogen and oxygen atoms in total. The largest absolute Gasteiger partial charge is 0.454 e. The van der Waals surface area contributed by atoms with Crippen molar-refractivity contribution in [2.75, 3.05) is 0 Å². The van der Waals surface area contributed by atoms with Crippen molar-refractivity contribution >= 4 is 0 Å². The molecule has 0 radical (unpaired) electrons. The first-order valence-corrected chi connectivity index (χ1v) is 10.9. The first-order valence-electron chi connectivity index (χ1n) is 10.9. The maximum atomic E-state index is 14.3. The minimum Gasteiger partial charge on any atom is -0.454 e. The van der Waals surface area contributed by atoms with Gasteiger partial charge in [0.05, 0.1) is 17.6 Å². The molecule has 0 heterocycles. The summed E-state index contributed by atoms with van der Waals surface area (Å²) in [5, 5.41) is 9.78. The van der Waals surface area contributed by atoms with Gasteiger partial charge in [-0.15, -0.1) is 0 Å². The molecule has 2 unspecified atom stereocenters. The van der Waals surface area contributed by atoms with E-state index < -0.39 is 23.5 Å². The minimum atomic E-state index is -4.36. The number of hydrogen-bond donors (Lipinski definition) is 0. The Bertz CT molecular complexity index is 1120. The number of benzene rings is 3. The maximum Gasteiger partial charge on any atom is 0.416 e. The van der Waals surface area contributed by atoms with E-state index in [1.807, 2.05) is 6.07 Å². The van der Waals surface area contributed by atoms with Crippen LogP contribution in [0, 0.1) is 23.1 Å². The molecule has 33 heavy (non-hydrogen) atoms. The monoisotopic (exact) mass is 453 g/mol. The van der Waals surface area contributed by atoms with E-state index in [2.05, 4.69) is 6.07 Å². The maximum absolute atomic E-state index is 14.3. The van der Waals surface area contributed by atoms with Gasteiger partial charge in [0.25, 0.3) is 0 Å². The van der Waals surface area contributed by atoms with E-state index in [4.69, 9.17) is 4.74 Å². The van der Waals surface area contributed by atoms with Crippen LogP contribution in [0.1, 0.15) is 54.2 Å². The number of halogens is 4. The summed E-state index contributed by atoms with van der Waals surface area (Å²) in [6, 6.07) is 20.9. The second-order valence-corrected chi connectivity index (χ2v) is 8.43. The predicted molar refractivity (Wildman–Crippen MR) is 117 cm³/mol. The smallest absolute Gasteiger partial charge is 0.416 e. The van der Waals surface area contributed by atoms with Crippen molar-refractivity contribution in [3.63, 3.8) is 0 Å². The Hall–Kier alpha value is -3.33. The van der Waals surface area contributed by atoms with Gasteiger partial charge in [-0.25, -0.2) is 4.39 Å². The quantitative estimate of drug-likeness (QED) is 0.322. The van der Waals surface area contributed by atoms with Gasteiger partial charge in [0.1, 0.15) is 5.75 Å². The van der Waals surface area contributed by atoms with Crippen molar-refractivity contribution in [3.05, 3.63) is 95.3 Å². The molecule has 1 aliphatic carbocycles. The van der Waals surface area contributed by atoms with Gasteiger partial charge in [0.2, 0.25) is 0 Å². The number of para-hydroxylation sites is 1. The van der Waals surface area contributed by atoms with Crippen LogP contribution in [0.3, 0.4) is 0 Å². The lowest BCUT2D eigenvalue weighted by Gasteiger charge is -2.20. The summed E-state index contributed by atoms with van der Waals surface area (Å²) in [5.74, 6) is 0.0906. The van der Waals surface area contributed by atoms with Gasteiger partial charge >= 0.3 is 6.18 Å². The fraction of sp³-hybridized carbons (Fsp3) is 0.296. The Morgan fingerprint density at radius 3 is 2.18 bits per heavy atom. The number of nitriles is 1. The number of nitrogens with zero attached hydrogens (tertiary/aromatic N) is 1. The highest BCUT2D eigenvalue weighted by atomic mass is 19.4. The molecule has 1 fully saturated rings. The average molecular weight is 453 g/mol. The van der Waals surface area contributed by atoms with E-state index in [9.17, 15) is 22.8 Å². The SMILES string of the molecule is N#CC(CCC(c1ccc(C(F)(F)F)cc1)C1CC1)c1ccc(F)c(Oc2ccccc2)c1. The molecule has 3 aromatic carbocycles. The molecule has 1 saturated carbocycles. The third-order valence-corrected chi connectivity index (χ3v) is 6.11. The fourth-order valence-electron chi connectivity index (χ4n) is 4.17. The van der Waals surface area contributed by atoms with Gasteiger partial charge in [-0.05, 0) is 85.0 Å². The molecule has 170 valence electrons. The van der Waals surface area contributed by atoms with Crippen molar-refractivity contribution in [1.82, 2.24) is 0 Å². The summed E-state index contributed by atoms with van der Waals surface area (Å²) in [6.45, 7) is 0. The van der Waals surface area contributed by atoms with Crippen molar-refractivity contribution < 1.29 is 22.3 Å². The van der Waals surface area contributed by atoms with Crippen LogP contribution in [-0.4, -0.2) is 0 Å². The fourth-order valence-corrected chi connectivity index (χ4v) is 4.17. The first-order chi connectivity index (χ1) is 15.8. The van der Waals surface area contributed by atoms with Gasteiger partial charge in [-0.1, -0.05) is 36.4 Å². The average Bonchev–Trinajstić information content (AvgIpc) is 3.64. The van der Waals surface area contributed by atoms with Gasteiger partial charge in [0.15, 0.2) is 11.6 Å². The molecule has 0 aliphatic heterocycles. The highest BCUT2D eigenvalue weighted by Crippen LogP contribution is 2.46. The van der Waals surface area contributed by atoms with Crippen LogP contribution in [-0.2, 0) is 6.18 Å². The topological polar surface area (TPSA) is 33.0 Å². The zero-order chi connectivity index (χ0) is 23.4. The van der Waals surface area contributed by atoms with Gasteiger partial charge in [-0.2, -0.15) is 18.4 Å². The molecule has 4 rings (SSSR count). The summed E-state index contributed by atoms with van der Waals surface area (Å²) in [5.41, 5.74) is 0.870. The Balaban J connectivity index is 1.48. The molecule has 0 amide bonds. The van der Waals surface area contributed by atoms with Crippen molar-refractivity contribution in [2.45, 2.75) is 43.7 Å². The van der Waals surface area contributed by atoms with Crippen LogP contribution in [0.15, 0.2) is 72.8 Å². The highest BCUT2D eigenvalue weighted by molar-refractivity contribution is 5.38. The Kier molecular flexibility index (Phi) is 6.69. The lowest BCUT2D eigenvalue weighted by molar-refractivity contribution is -0.137. The number of rotatable bonds is 8. The van der Waals surface area contributed by atoms with E-state index in [-0.39, 0.29) is 11.7 Å². The third kappa shape index (κ3) is 5.73. The molecule has 0 N–H and O–H groups in total. The van der Waals surface area contributed by atoms with E-state index >= 15 is 0 Å². The number of ether oxygens (including phenoxy) is 1. The molecular weight excluding hydrogens is 430 g/mol. The second-order valence-electron chi connectivity index (χ2n) is 8.43. The summed E-state index contributed by atoms with van der Waals surface area (Å²) in [6.07, 6.45) is -1.10. The molecule has 6 heteroatoms. The first kappa shape index (κ1) is 22.8. The van der Waals surface area contributed by atoms with Crippen LogP contribution in [0.5, 0.6) is 11.5 Å². The highest BCUT2D eigenvalue weighted by Gasteiger charge is 2.34. The minimum absolute atomic E-state index is 0.0560. The third-order valence-electron chi connectivity index (χ3n) is 6.11. The zero-order valence-corrected chi connectivity index (χ0v) is 17.9. The Morgan fingerprint density at radius 2 is 1.58 bits per heavy atom. The van der Waals surface area contributed by atoms with Crippen LogP contribution in [0.25, 0.3) is 0 Å². The molecule has 1 aliphatic rings. The summed E-state index contributed by atoms with van der Waals surface area (Å²) in [7, 11) is 0. The van der Waals surface area contributed by atoms with E-state index in [1.54, 1.807) is 48.5 Å². The summed E-state index contributed by atoms with van der Waals surface area (Å²) < 4.78 is 58.7. The van der Waals surface area contributed by atoms with Crippen LogP contribution >= 0.6 is 0 Å². The summed E-state index contributed by atoms with van der Waals surface area (Å²) in [4.78, 5) is 0. The van der Waals surface area contributed by atoms with E-state index in [0.717, 1.165) is 30.5 Å². The van der Waals surface area contributed by atoms with Crippen molar-refractivity contribution in [1.29, 1.82) is 5.26 Å². The standard InChI is InChI=1S/C27H23F4NO/c28-25-15-11-20(16-26(25)33-23-4-2-1-3-5-23)21(17-32)10-14-24(18-6-7-18)19-8-12-22(13-9-19)27(29,30)31/h1-5,8-9,11-13,15-16,18,21,24H,6-7,10,14H2.